The molecule has 1 aliphatic rings. The maximum Gasteiger partial charge on any atom is 0.238 e. The van der Waals surface area contributed by atoms with Crippen LogP contribution >= 0.6 is 0 Å². The predicted octanol–water partition coefficient (Wildman–Crippen LogP) is 2.90. The van der Waals surface area contributed by atoms with Gasteiger partial charge in [-0.1, -0.05) is 26.0 Å². The van der Waals surface area contributed by atoms with E-state index in [1.807, 2.05) is 36.1 Å². The van der Waals surface area contributed by atoms with Gasteiger partial charge in [0.25, 0.3) is 0 Å². The molecule has 1 fully saturated rings. The number of likely N-dealkylation sites (N-methyl/N-ethyl adjacent to an activating group) is 1. The van der Waals surface area contributed by atoms with Crippen LogP contribution in [0, 0.1) is 5.92 Å². The lowest BCUT2D eigenvalue weighted by Crippen LogP contribution is -2.47. The molecule has 2 N–H and O–H groups in total. The van der Waals surface area contributed by atoms with Gasteiger partial charge in [0.05, 0.1) is 24.9 Å². The van der Waals surface area contributed by atoms with E-state index in [1.54, 1.807) is 7.11 Å². The second-order valence-corrected chi connectivity index (χ2v) is 6.96. The van der Waals surface area contributed by atoms with Crippen molar-refractivity contribution in [2.24, 2.45) is 5.92 Å². The first-order valence-electron chi connectivity index (χ1n) is 8.83. The van der Waals surface area contributed by atoms with Crippen LogP contribution in [0.25, 0.3) is 0 Å². The van der Waals surface area contributed by atoms with Gasteiger partial charge in [0.1, 0.15) is 5.75 Å². The monoisotopic (exact) mass is 334 g/mol. The number of para-hydroxylation sites is 2. The van der Waals surface area contributed by atoms with Crippen molar-refractivity contribution in [2.45, 2.75) is 45.1 Å². The fourth-order valence-electron chi connectivity index (χ4n) is 3.29. The Morgan fingerprint density at radius 3 is 2.67 bits per heavy atom. The normalized spacial score (nSPS) is 24.0. The topological polar surface area (TPSA) is 61.8 Å². The summed E-state index contributed by atoms with van der Waals surface area (Å²) in [6.45, 7) is 5.81. The number of benzene rings is 1. The molecule has 2 rings (SSSR count). The van der Waals surface area contributed by atoms with Crippen LogP contribution < -0.4 is 10.1 Å². The second-order valence-electron chi connectivity index (χ2n) is 6.96. The van der Waals surface area contributed by atoms with E-state index in [-0.39, 0.29) is 12.5 Å². The van der Waals surface area contributed by atoms with E-state index in [2.05, 4.69) is 12.2 Å². The van der Waals surface area contributed by atoms with Crippen molar-refractivity contribution in [3.63, 3.8) is 0 Å². The minimum Gasteiger partial charge on any atom is -0.495 e. The van der Waals surface area contributed by atoms with E-state index >= 15 is 0 Å². The van der Waals surface area contributed by atoms with Gasteiger partial charge in [-0.2, -0.15) is 0 Å². The number of nitrogens with zero attached hydrogens (tertiary/aromatic N) is 1. The van der Waals surface area contributed by atoms with Crippen molar-refractivity contribution in [1.29, 1.82) is 0 Å². The third kappa shape index (κ3) is 5.21. The highest BCUT2D eigenvalue weighted by atomic mass is 16.5. The molecule has 5 heteroatoms. The maximum absolute atomic E-state index is 12.4. The number of hydrogen-bond donors (Lipinski definition) is 2. The van der Waals surface area contributed by atoms with Gasteiger partial charge in [0.15, 0.2) is 0 Å². The van der Waals surface area contributed by atoms with Gasteiger partial charge in [0, 0.05) is 6.54 Å². The SMILES string of the molecule is CCN(CC(=O)Nc1ccccc1OC)CC1(O)CCC(C)CC1. The van der Waals surface area contributed by atoms with E-state index in [0.29, 0.717) is 23.9 Å². The van der Waals surface area contributed by atoms with Gasteiger partial charge in [0.2, 0.25) is 5.91 Å². The molecule has 1 aromatic rings. The molecule has 0 saturated heterocycles. The number of anilines is 1. The average molecular weight is 334 g/mol. The van der Waals surface area contributed by atoms with E-state index in [9.17, 15) is 9.90 Å². The number of ether oxygens (including phenoxy) is 1. The number of carbonyl (C=O) groups excluding carboxylic acids is 1. The van der Waals surface area contributed by atoms with E-state index < -0.39 is 5.60 Å². The molecule has 1 aromatic carbocycles. The van der Waals surface area contributed by atoms with Crippen LogP contribution in [-0.2, 0) is 4.79 Å². The zero-order valence-electron chi connectivity index (χ0n) is 15.0. The molecule has 0 atom stereocenters. The highest BCUT2D eigenvalue weighted by molar-refractivity contribution is 5.93. The minimum absolute atomic E-state index is 0.0888. The van der Waals surface area contributed by atoms with Crippen LogP contribution in [0.3, 0.4) is 0 Å². The zero-order valence-corrected chi connectivity index (χ0v) is 15.0. The van der Waals surface area contributed by atoms with Crippen LogP contribution in [0.4, 0.5) is 5.69 Å². The molecule has 24 heavy (non-hydrogen) atoms. The first-order valence-corrected chi connectivity index (χ1v) is 8.83. The number of carbonyl (C=O) groups is 1. The van der Waals surface area contributed by atoms with Crippen molar-refractivity contribution in [1.82, 2.24) is 4.90 Å². The molecule has 0 bridgehead atoms. The summed E-state index contributed by atoms with van der Waals surface area (Å²) in [5.74, 6) is 1.25. The van der Waals surface area contributed by atoms with Gasteiger partial charge in [-0.3, -0.25) is 9.69 Å². The number of methoxy groups -OCH3 is 1. The molecular weight excluding hydrogens is 304 g/mol. The van der Waals surface area contributed by atoms with Crippen LogP contribution in [0.5, 0.6) is 5.75 Å². The highest BCUT2D eigenvalue weighted by Crippen LogP contribution is 2.32. The average Bonchev–Trinajstić information content (AvgIpc) is 2.57. The molecule has 0 aromatic heterocycles. The molecule has 0 heterocycles. The maximum atomic E-state index is 12.4. The summed E-state index contributed by atoms with van der Waals surface area (Å²) in [5.41, 5.74) is 0.0130. The van der Waals surface area contributed by atoms with Crippen LogP contribution in [0.1, 0.15) is 39.5 Å². The first-order chi connectivity index (χ1) is 11.5. The standard InChI is InChI=1S/C19H30N2O3/c1-4-21(14-19(23)11-9-15(2)10-12-19)13-18(22)20-16-7-5-6-8-17(16)24-3/h5-8,15,23H,4,9-14H2,1-3H3,(H,20,22). The van der Waals surface area contributed by atoms with Gasteiger partial charge in [-0.15, -0.1) is 0 Å². The Kier molecular flexibility index (Phi) is 6.63. The Hall–Kier alpha value is -1.59. The van der Waals surface area contributed by atoms with E-state index in [1.165, 1.54) is 0 Å². The number of hydrogen-bond acceptors (Lipinski definition) is 4. The van der Waals surface area contributed by atoms with Gasteiger partial charge < -0.3 is 15.2 Å². The van der Waals surface area contributed by atoms with Crippen LogP contribution in [0.15, 0.2) is 24.3 Å². The van der Waals surface area contributed by atoms with Crippen LogP contribution in [0.2, 0.25) is 0 Å². The van der Waals surface area contributed by atoms with Gasteiger partial charge >= 0.3 is 0 Å². The molecule has 1 saturated carbocycles. The Labute approximate surface area is 145 Å². The smallest absolute Gasteiger partial charge is 0.238 e. The Balaban J connectivity index is 1.91. The highest BCUT2D eigenvalue weighted by Gasteiger charge is 2.33. The number of rotatable bonds is 7. The summed E-state index contributed by atoms with van der Waals surface area (Å²) in [7, 11) is 1.59. The molecule has 0 unspecified atom stereocenters. The largest absolute Gasteiger partial charge is 0.495 e. The van der Waals surface area contributed by atoms with Gasteiger partial charge in [-0.05, 0) is 50.3 Å². The summed E-state index contributed by atoms with van der Waals surface area (Å²) in [6.07, 6.45) is 3.75. The molecule has 0 radical (unpaired) electrons. The van der Waals surface area contributed by atoms with Crippen molar-refractivity contribution in [2.75, 3.05) is 32.1 Å². The lowest BCUT2D eigenvalue weighted by molar-refractivity contribution is -0.118. The minimum atomic E-state index is -0.659. The molecule has 0 spiro atoms. The van der Waals surface area contributed by atoms with Gasteiger partial charge in [-0.25, -0.2) is 0 Å². The molecule has 1 aliphatic carbocycles. The quantitative estimate of drug-likeness (QED) is 0.805. The summed E-state index contributed by atoms with van der Waals surface area (Å²) in [6, 6.07) is 7.37. The summed E-state index contributed by atoms with van der Waals surface area (Å²) in [4.78, 5) is 14.4. The van der Waals surface area contributed by atoms with E-state index in [4.69, 9.17) is 4.74 Å². The lowest BCUT2D eigenvalue weighted by Gasteiger charge is -2.38. The molecule has 134 valence electrons. The molecule has 0 aliphatic heterocycles. The van der Waals surface area contributed by atoms with Crippen molar-refractivity contribution < 1.29 is 14.6 Å². The van der Waals surface area contributed by atoms with Crippen LogP contribution in [-0.4, -0.2) is 48.3 Å². The molecule has 5 nitrogen and oxygen atoms in total. The first kappa shape index (κ1) is 18.7. The fraction of sp³-hybridized carbons (Fsp3) is 0.632. The summed E-state index contributed by atoms with van der Waals surface area (Å²) < 4.78 is 5.26. The fourth-order valence-corrected chi connectivity index (χ4v) is 3.29. The summed E-state index contributed by atoms with van der Waals surface area (Å²) in [5, 5.41) is 13.7. The molecular formula is C19H30N2O3. The third-order valence-electron chi connectivity index (χ3n) is 4.92. The third-order valence-corrected chi connectivity index (χ3v) is 4.92. The van der Waals surface area contributed by atoms with Crippen molar-refractivity contribution in [3.8, 4) is 5.75 Å². The van der Waals surface area contributed by atoms with Crippen molar-refractivity contribution in [3.05, 3.63) is 24.3 Å². The summed E-state index contributed by atoms with van der Waals surface area (Å²) >= 11 is 0. The number of aliphatic hydroxyl groups is 1. The molecule has 1 amide bonds. The second kappa shape index (κ2) is 8.49. The Morgan fingerprint density at radius 2 is 2.04 bits per heavy atom. The predicted molar refractivity (Wildman–Crippen MR) is 96.3 cm³/mol. The Bertz CT molecular complexity index is 539. The number of amides is 1. The van der Waals surface area contributed by atoms with E-state index in [0.717, 1.165) is 32.2 Å². The number of nitrogens with one attached hydrogen (secondary N) is 1. The lowest BCUT2D eigenvalue weighted by atomic mass is 9.79. The van der Waals surface area contributed by atoms with Crippen molar-refractivity contribution >= 4 is 11.6 Å². The Morgan fingerprint density at radius 1 is 1.38 bits per heavy atom. The zero-order chi connectivity index (χ0) is 17.6.